The first-order chi connectivity index (χ1) is 12.8. The van der Waals surface area contributed by atoms with Crippen molar-refractivity contribution in [3.05, 3.63) is 59.2 Å². The molecule has 3 rings (SSSR count). The first-order valence-corrected chi connectivity index (χ1v) is 10.8. The van der Waals surface area contributed by atoms with Gasteiger partial charge in [0.15, 0.2) is 0 Å². The van der Waals surface area contributed by atoms with Crippen LogP contribution in [0.4, 0.5) is 5.69 Å². The third-order valence-electron chi connectivity index (χ3n) is 4.97. The Morgan fingerprint density at radius 1 is 1.00 bits per heavy atom. The molecule has 1 aliphatic rings. The van der Waals surface area contributed by atoms with Gasteiger partial charge < -0.3 is 5.32 Å². The fourth-order valence-corrected chi connectivity index (χ4v) is 4.73. The van der Waals surface area contributed by atoms with E-state index in [1.165, 1.54) is 12.1 Å². The molecule has 0 radical (unpaired) electrons. The van der Waals surface area contributed by atoms with Gasteiger partial charge in [-0.25, -0.2) is 13.1 Å². The van der Waals surface area contributed by atoms with Gasteiger partial charge in [-0.15, -0.1) is 0 Å². The van der Waals surface area contributed by atoms with Crippen LogP contribution < -0.4 is 10.0 Å². The summed E-state index contributed by atoms with van der Waals surface area (Å²) in [6.07, 6.45) is 4.99. The lowest BCUT2D eigenvalue weighted by molar-refractivity contribution is 0.102. The topological polar surface area (TPSA) is 75.3 Å². The molecular formula is C21H26N2O3S. The Balaban J connectivity index is 1.78. The van der Waals surface area contributed by atoms with Gasteiger partial charge in [-0.3, -0.25) is 4.79 Å². The van der Waals surface area contributed by atoms with E-state index in [2.05, 4.69) is 10.0 Å². The Labute approximate surface area is 161 Å². The molecule has 0 aliphatic heterocycles. The fraction of sp³-hybridized carbons (Fsp3) is 0.381. The zero-order chi connectivity index (χ0) is 19.4. The second kappa shape index (κ2) is 8.23. The van der Waals surface area contributed by atoms with E-state index >= 15 is 0 Å². The summed E-state index contributed by atoms with van der Waals surface area (Å²) in [4.78, 5) is 12.7. The molecule has 0 bridgehead atoms. The maximum atomic E-state index is 12.7. The maximum absolute atomic E-state index is 12.7. The average molecular weight is 387 g/mol. The van der Waals surface area contributed by atoms with Crippen molar-refractivity contribution in [2.75, 3.05) is 5.32 Å². The largest absolute Gasteiger partial charge is 0.322 e. The predicted molar refractivity (Wildman–Crippen MR) is 108 cm³/mol. The molecule has 1 saturated carbocycles. The van der Waals surface area contributed by atoms with Crippen molar-refractivity contribution in [3.63, 3.8) is 0 Å². The van der Waals surface area contributed by atoms with E-state index in [9.17, 15) is 13.2 Å². The number of hydrogen-bond donors (Lipinski definition) is 2. The van der Waals surface area contributed by atoms with Gasteiger partial charge in [-0.05, 0) is 62.1 Å². The summed E-state index contributed by atoms with van der Waals surface area (Å²) in [7, 11) is -3.63. The molecule has 2 N–H and O–H groups in total. The van der Waals surface area contributed by atoms with E-state index in [-0.39, 0.29) is 16.8 Å². The van der Waals surface area contributed by atoms with Crippen molar-refractivity contribution >= 4 is 21.6 Å². The second-order valence-corrected chi connectivity index (χ2v) is 8.97. The number of carbonyl (C=O) groups excluding carboxylic acids is 1. The smallest absolute Gasteiger partial charge is 0.255 e. The van der Waals surface area contributed by atoms with Crippen molar-refractivity contribution < 1.29 is 13.2 Å². The molecule has 1 amide bonds. The molecule has 27 heavy (non-hydrogen) atoms. The monoisotopic (exact) mass is 386 g/mol. The van der Waals surface area contributed by atoms with Gasteiger partial charge in [-0.2, -0.15) is 0 Å². The summed E-state index contributed by atoms with van der Waals surface area (Å²) in [6, 6.07) is 12.0. The standard InChI is InChI=1S/C21H26N2O3S/c1-15-11-12-16(2)20(13-15)22-21(24)17-7-6-10-19(14-17)27(25,26)23-18-8-4-3-5-9-18/h6-7,10-14,18,23H,3-5,8-9H2,1-2H3,(H,22,24). The molecule has 2 aromatic carbocycles. The summed E-state index contributed by atoms with van der Waals surface area (Å²) in [5, 5.41) is 2.87. The fourth-order valence-electron chi connectivity index (χ4n) is 3.38. The molecule has 6 heteroatoms. The molecule has 0 atom stereocenters. The average Bonchev–Trinajstić information content (AvgIpc) is 2.65. The van der Waals surface area contributed by atoms with E-state index in [0.717, 1.165) is 48.9 Å². The predicted octanol–water partition coefficient (Wildman–Crippen LogP) is 4.17. The van der Waals surface area contributed by atoms with Gasteiger partial charge in [0.05, 0.1) is 4.90 Å². The number of carbonyl (C=O) groups is 1. The number of nitrogens with one attached hydrogen (secondary N) is 2. The highest BCUT2D eigenvalue weighted by atomic mass is 32.2. The lowest BCUT2D eigenvalue weighted by Gasteiger charge is -2.22. The van der Waals surface area contributed by atoms with Crippen LogP contribution in [0.3, 0.4) is 0 Å². The van der Waals surface area contributed by atoms with Gasteiger partial charge >= 0.3 is 0 Å². The van der Waals surface area contributed by atoms with Crippen LogP contribution in [-0.2, 0) is 10.0 Å². The highest BCUT2D eigenvalue weighted by Gasteiger charge is 2.22. The van der Waals surface area contributed by atoms with Crippen LogP contribution in [0.25, 0.3) is 0 Å². The first kappa shape index (κ1) is 19.6. The quantitative estimate of drug-likeness (QED) is 0.810. The molecule has 5 nitrogen and oxygen atoms in total. The van der Waals surface area contributed by atoms with Gasteiger partial charge in [0.25, 0.3) is 5.91 Å². The minimum atomic E-state index is -3.63. The Morgan fingerprint density at radius 3 is 2.48 bits per heavy atom. The number of hydrogen-bond acceptors (Lipinski definition) is 3. The first-order valence-electron chi connectivity index (χ1n) is 9.36. The molecule has 0 aromatic heterocycles. The number of amides is 1. The molecule has 1 fully saturated rings. The number of sulfonamides is 1. The van der Waals surface area contributed by atoms with E-state index in [4.69, 9.17) is 0 Å². The number of rotatable bonds is 5. The van der Waals surface area contributed by atoms with E-state index in [1.807, 2.05) is 32.0 Å². The highest BCUT2D eigenvalue weighted by Crippen LogP contribution is 2.21. The number of aryl methyl sites for hydroxylation is 2. The van der Waals surface area contributed by atoms with Crippen LogP contribution in [0, 0.1) is 13.8 Å². The zero-order valence-corrected chi connectivity index (χ0v) is 16.6. The molecule has 0 spiro atoms. The third-order valence-corrected chi connectivity index (χ3v) is 6.49. The van der Waals surface area contributed by atoms with Crippen LogP contribution in [0.5, 0.6) is 0 Å². The molecule has 0 heterocycles. The summed E-state index contributed by atoms with van der Waals surface area (Å²) in [5.74, 6) is -0.321. The van der Waals surface area contributed by atoms with Crippen LogP contribution in [0.15, 0.2) is 47.4 Å². The lowest BCUT2D eigenvalue weighted by atomic mass is 9.96. The third kappa shape index (κ3) is 4.96. The lowest BCUT2D eigenvalue weighted by Crippen LogP contribution is -2.36. The van der Waals surface area contributed by atoms with Crippen LogP contribution in [0.2, 0.25) is 0 Å². The zero-order valence-electron chi connectivity index (χ0n) is 15.8. The molecule has 0 unspecified atom stereocenters. The maximum Gasteiger partial charge on any atom is 0.255 e. The number of benzene rings is 2. The van der Waals surface area contributed by atoms with Crippen molar-refractivity contribution in [2.45, 2.75) is 56.9 Å². The Morgan fingerprint density at radius 2 is 1.74 bits per heavy atom. The molecule has 2 aromatic rings. The SMILES string of the molecule is Cc1ccc(C)c(NC(=O)c2cccc(S(=O)(=O)NC3CCCCC3)c2)c1. The Bertz CT molecular complexity index is 932. The van der Waals surface area contributed by atoms with Crippen LogP contribution >= 0.6 is 0 Å². The molecule has 144 valence electrons. The van der Waals surface area contributed by atoms with E-state index in [0.29, 0.717) is 5.56 Å². The van der Waals surface area contributed by atoms with Gasteiger partial charge in [0.2, 0.25) is 10.0 Å². The Hall–Kier alpha value is -2.18. The normalized spacial score (nSPS) is 15.5. The van der Waals surface area contributed by atoms with Crippen LogP contribution in [-0.4, -0.2) is 20.4 Å². The molecule has 0 saturated heterocycles. The minimum Gasteiger partial charge on any atom is -0.322 e. The van der Waals surface area contributed by atoms with Crippen molar-refractivity contribution in [1.82, 2.24) is 4.72 Å². The Kier molecular flexibility index (Phi) is 5.97. The number of anilines is 1. The van der Waals surface area contributed by atoms with Crippen molar-refractivity contribution in [1.29, 1.82) is 0 Å². The summed E-state index contributed by atoms with van der Waals surface area (Å²) >= 11 is 0. The molecular weight excluding hydrogens is 360 g/mol. The minimum absolute atomic E-state index is 0.0174. The second-order valence-electron chi connectivity index (χ2n) is 7.26. The van der Waals surface area contributed by atoms with Gasteiger partial charge in [0, 0.05) is 17.3 Å². The summed E-state index contributed by atoms with van der Waals surface area (Å²) in [6.45, 7) is 3.88. The molecule has 1 aliphatic carbocycles. The van der Waals surface area contributed by atoms with E-state index < -0.39 is 10.0 Å². The van der Waals surface area contributed by atoms with E-state index in [1.54, 1.807) is 12.1 Å². The van der Waals surface area contributed by atoms with Crippen molar-refractivity contribution in [3.8, 4) is 0 Å². The highest BCUT2D eigenvalue weighted by molar-refractivity contribution is 7.89. The summed E-state index contributed by atoms with van der Waals surface area (Å²) < 4.78 is 28.2. The summed E-state index contributed by atoms with van der Waals surface area (Å²) in [5.41, 5.74) is 3.05. The van der Waals surface area contributed by atoms with Crippen LogP contribution in [0.1, 0.15) is 53.6 Å². The van der Waals surface area contributed by atoms with Gasteiger partial charge in [0.1, 0.15) is 0 Å². The van der Waals surface area contributed by atoms with Gasteiger partial charge in [-0.1, -0.05) is 37.5 Å². The van der Waals surface area contributed by atoms with Crippen molar-refractivity contribution in [2.24, 2.45) is 0 Å².